The number of carboxylic acids is 1. The normalized spacial score (nSPS) is 20.0. The van der Waals surface area contributed by atoms with E-state index in [4.69, 9.17) is 0 Å². The van der Waals surface area contributed by atoms with Crippen LogP contribution in [0.2, 0.25) is 0 Å². The number of carbonyl (C=O) groups is 4. The van der Waals surface area contributed by atoms with Crippen molar-refractivity contribution in [3.8, 4) is 0 Å². The van der Waals surface area contributed by atoms with Gasteiger partial charge in [0, 0.05) is 18.8 Å². The Labute approximate surface area is 148 Å². The Balaban J connectivity index is 1.67. The van der Waals surface area contributed by atoms with Crippen LogP contribution in [0.5, 0.6) is 0 Å². The molecule has 1 atom stereocenters. The number of nitrogens with zero attached hydrogens (tertiary/aromatic N) is 3. The van der Waals surface area contributed by atoms with Crippen molar-refractivity contribution >= 4 is 41.3 Å². The highest BCUT2D eigenvalue weighted by atomic mass is 32.2. The summed E-state index contributed by atoms with van der Waals surface area (Å²) in [7, 11) is 0. The Kier molecular flexibility index (Phi) is 4.93. The van der Waals surface area contributed by atoms with E-state index < -0.39 is 12.0 Å². The van der Waals surface area contributed by atoms with Gasteiger partial charge in [-0.15, -0.1) is 11.8 Å². The molecule has 0 unspecified atom stereocenters. The summed E-state index contributed by atoms with van der Waals surface area (Å²) in [5, 5.41) is 10.4. The molecule has 4 amide bonds. The molecule has 0 aromatic heterocycles. The third-order valence-corrected chi connectivity index (χ3v) is 5.03. The van der Waals surface area contributed by atoms with Gasteiger partial charge in [0.15, 0.2) is 0 Å². The number of aliphatic carboxylic acids is 1. The van der Waals surface area contributed by atoms with Gasteiger partial charge in [0.2, 0.25) is 5.91 Å². The van der Waals surface area contributed by atoms with E-state index in [1.54, 1.807) is 30.3 Å². The van der Waals surface area contributed by atoms with Gasteiger partial charge in [-0.3, -0.25) is 9.59 Å². The molecule has 2 aliphatic heterocycles. The summed E-state index contributed by atoms with van der Waals surface area (Å²) in [6.07, 6.45) is 0. The number of fused-ring (bicyclic) bond motifs is 1. The third-order valence-electron chi connectivity index (χ3n) is 4.14. The summed E-state index contributed by atoms with van der Waals surface area (Å²) < 4.78 is 0. The molecule has 0 spiro atoms. The molecule has 0 N–H and O–H groups in total. The van der Waals surface area contributed by atoms with E-state index in [0.717, 1.165) is 16.7 Å². The molecule has 132 valence electrons. The van der Waals surface area contributed by atoms with E-state index in [9.17, 15) is 24.3 Å². The number of imide groups is 1. The molecule has 2 heterocycles. The lowest BCUT2D eigenvalue weighted by Crippen LogP contribution is -2.55. The average molecular weight is 362 g/mol. The van der Waals surface area contributed by atoms with Crippen molar-refractivity contribution in [1.29, 1.82) is 0 Å². The van der Waals surface area contributed by atoms with Crippen LogP contribution in [0.1, 0.15) is 0 Å². The first-order valence-corrected chi connectivity index (χ1v) is 8.89. The van der Waals surface area contributed by atoms with Crippen LogP contribution in [-0.2, 0) is 14.4 Å². The molecule has 8 nitrogen and oxygen atoms in total. The highest BCUT2D eigenvalue weighted by Gasteiger charge is 2.48. The Morgan fingerprint density at radius 3 is 2.52 bits per heavy atom. The minimum atomic E-state index is -1.22. The lowest BCUT2D eigenvalue weighted by atomic mass is 10.2. The first kappa shape index (κ1) is 17.3. The number of hydrogen-bond donors (Lipinski definition) is 0. The molecule has 3 rings (SSSR count). The van der Waals surface area contributed by atoms with Crippen LogP contribution < -0.4 is 10.0 Å². The maximum absolute atomic E-state index is 12.7. The van der Waals surface area contributed by atoms with Crippen molar-refractivity contribution in [2.45, 2.75) is 6.04 Å². The summed E-state index contributed by atoms with van der Waals surface area (Å²) in [4.78, 5) is 51.9. The molecule has 0 aliphatic carbocycles. The smallest absolute Gasteiger partial charge is 0.332 e. The fraction of sp³-hybridized carbons (Fsp3) is 0.375. The van der Waals surface area contributed by atoms with Crippen LogP contribution in [0, 0.1) is 0 Å². The zero-order valence-corrected chi connectivity index (χ0v) is 14.1. The van der Waals surface area contributed by atoms with Crippen molar-refractivity contribution < 1.29 is 24.3 Å². The van der Waals surface area contributed by atoms with Gasteiger partial charge >= 0.3 is 6.03 Å². The second-order valence-corrected chi connectivity index (χ2v) is 6.69. The molecule has 1 aromatic rings. The molecule has 0 saturated carbocycles. The Morgan fingerprint density at radius 1 is 1.12 bits per heavy atom. The van der Waals surface area contributed by atoms with Crippen LogP contribution in [0.4, 0.5) is 10.5 Å². The average Bonchev–Trinajstić information content (AvgIpc) is 2.86. The fourth-order valence-corrected chi connectivity index (χ4v) is 3.58. The summed E-state index contributed by atoms with van der Waals surface area (Å²) in [6, 6.07) is 7.60. The van der Waals surface area contributed by atoms with Gasteiger partial charge in [-0.25, -0.2) is 9.69 Å². The number of benzene rings is 1. The number of thioether (sulfide) groups is 1. The molecule has 25 heavy (non-hydrogen) atoms. The predicted molar refractivity (Wildman–Crippen MR) is 88.7 cm³/mol. The lowest BCUT2D eigenvalue weighted by Gasteiger charge is -2.35. The van der Waals surface area contributed by atoms with Crippen LogP contribution in [-0.4, -0.2) is 70.8 Å². The van der Waals surface area contributed by atoms with E-state index in [0.29, 0.717) is 12.2 Å². The van der Waals surface area contributed by atoms with Crippen LogP contribution >= 0.6 is 11.8 Å². The molecule has 0 radical (unpaired) electrons. The van der Waals surface area contributed by atoms with Crippen molar-refractivity contribution in [2.75, 3.05) is 36.0 Å². The molecule has 1 aromatic carbocycles. The largest absolute Gasteiger partial charge is 0.549 e. The standard InChI is InChI=1S/C16H17N3O5S/c20-13(9-25-10-14(21)22)17-6-7-18-12(8-17)15(23)19(16(18)24)11-4-2-1-3-5-11/h1-5,12H,6-10H2,(H,21,22)/p-1/t12-/m0/s1. The molecule has 2 fully saturated rings. The molecular formula is C16H16N3O5S-. The number of amides is 4. The first-order valence-electron chi connectivity index (χ1n) is 7.74. The summed E-state index contributed by atoms with van der Waals surface area (Å²) in [5.74, 6) is -2.07. The Morgan fingerprint density at radius 2 is 1.84 bits per heavy atom. The lowest BCUT2D eigenvalue weighted by molar-refractivity contribution is -0.301. The zero-order valence-electron chi connectivity index (χ0n) is 13.3. The second kappa shape index (κ2) is 7.14. The topological polar surface area (TPSA) is 101 Å². The maximum Gasteiger partial charge on any atom is 0.332 e. The van der Waals surface area contributed by atoms with Gasteiger partial charge < -0.3 is 19.7 Å². The minimum Gasteiger partial charge on any atom is -0.549 e. The van der Waals surface area contributed by atoms with Crippen molar-refractivity contribution in [3.05, 3.63) is 30.3 Å². The van der Waals surface area contributed by atoms with Crippen LogP contribution in [0.3, 0.4) is 0 Å². The van der Waals surface area contributed by atoms with Crippen molar-refractivity contribution in [2.24, 2.45) is 0 Å². The highest BCUT2D eigenvalue weighted by Crippen LogP contribution is 2.27. The molecule has 2 saturated heterocycles. The van der Waals surface area contributed by atoms with Crippen molar-refractivity contribution in [1.82, 2.24) is 9.80 Å². The van der Waals surface area contributed by atoms with Gasteiger partial charge in [0.1, 0.15) is 6.04 Å². The predicted octanol–water partition coefficient (Wildman–Crippen LogP) is -0.851. The van der Waals surface area contributed by atoms with E-state index in [1.807, 2.05) is 0 Å². The van der Waals surface area contributed by atoms with E-state index in [2.05, 4.69) is 0 Å². The van der Waals surface area contributed by atoms with Crippen LogP contribution in [0.25, 0.3) is 0 Å². The van der Waals surface area contributed by atoms with Gasteiger partial charge in [0.25, 0.3) is 5.91 Å². The first-order chi connectivity index (χ1) is 12.0. The summed E-state index contributed by atoms with van der Waals surface area (Å²) >= 11 is 0.958. The summed E-state index contributed by atoms with van der Waals surface area (Å²) in [5.41, 5.74) is 0.509. The number of hydrogen-bond acceptors (Lipinski definition) is 6. The van der Waals surface area contributed by atoms with E-state index in [1.165, 1.54) is 9.80 Å². The van der Waals surface area contributed by atoms with Gasteiger partial charge in [-0.05, 0) is 12.1 Å². The number of carboxylic acid groups (broad SMARTS) is 1. The Bertz CT molecular complexity index is 711. The molecule has 2 aliphatic rings. The number of para-hydroxylation sites is 1. The number of carbonyl (C=O) groups excluding carboxylic acids is 4. The monoisotopic (exact) mass is 362 g/mol. The van der Waals surface area contributed by atoms with Gasteiger partial charge in [-0.2, -0.15) is 0 Å². The Hall–Kier alpha value is -2.55. The quantitative estimate of drug-likeness (QED) is 0.633. The molecular weight excluding hydrogens is 346 g/mol. The number of rotatable bonds is 5. The zero-order chi connectivity index (χ0) is 18.0. The minimum absolute atomic E-state index is 0.00519. The highest BCUT2D eigenvalue weighted by molar-refractivity contribution is 8.00. The van der Waals surface area contributed by atoms with Crippen molar-refractivity contribution in [3.63, 3.8) is 0 Å². The number of urea groups is 1. The van der Waals surface area contributed by atoms with E-state index in [-0.39, 0.29) is 42.4 Å². The number of anilines is 1. The number of piperazine rings is 1. The van der Waals surface area contributed by atoms with Gasteiger partial charge in [0.05, 0.1) is 24.0 Å². The molecule has 9 heteroatoms. The second-order valence-electron chi connectivity index (χ2n) is 5.71. The fourth-order valence-electron chi connectivity index (χ4n) is 2.95. The summed E-state index contributed by atoms with van der Waals surface area (Å²) in [6.45, 7) is 0.719. The SMILES string of the molecule is O=C([O-])CSCC(=O)N1CCN2C(=O)N(c3ccccc3)C(=O)[C@@H]2C1. The van der Waals surface area contributed by atoms with Crippen LogP contribution in [0.15, 0.2) is 30.3 Å². The maximum atomic E-state index is 12.7. The third kappa shape index (κ3) is 3.46. The molecule has 0 bridgehead atoms. The van der Waals surface area contributed by atoms with E-state index >= 15 is 0 Å². The van der Waals surface area contributed by atoms with Gasteiger partial charge in [-0.1, -0.05) is 18.2 Å².